The molecule has 152 valence electrons. The number of imidazole rings is 1. The van der Waals surface area contributed by atoms with Gasteiger partial charge >= 0.3 is 6.03 Å². The fourth-order valence-corrected chi connectivity index (χ4v) is 4.06. The minimum absolute atomic E-state index is 0.119. The van der Waals surface area contributed by atoms with E-state index >= 15 is 0 Å². The summed E-state index contributed by atoms with van der Waals surface area (Å²) < 4.78 is 1.62. The van der Waals surface area contributed by atoms with Crippen molar-refractivity contribution in [1.82, 2.24) is 19.8 Å². The van der Waals surface area contributed by atoms with Gasteiger partial charge in [-0.1, -0.05) is 36.4 Å². The van der Waals surface area contributed by atoms with Crippen LogP contribution in [0.2, 0.25) is 0 Å². The fourth-order valence-electron chi connectivity index (χ4n) is 4.06. The highest BCUT2D eigenvalue weighted by atomic mass is 16.2. The molecule has 1 aliphatic rings. The molecule has 0 saturated carbocycles. The number of fused-ring (bicyclic) bond motifs is 1. The summed E-state index contributed by atoms with van der Waals surface area (Å²) in [5.41, 5.74) is 4.17. The fraction of sp³-hybridized carbons (Fsp3) is 0.391. The van der Waals surface area contributed by atoms with Gasteiger partial charge in [-0.15, -0.1) is 0 Å². The summed E-state index contributed by atoms with van der Waals surface area (Å²) in [6, 6.07) is 16.3. The molecular formula is C23H29N5O. The van der Waals surface area contributed by atoms with E-state index in [9.17, 15) is 4.79 Å². The number of carbonyl (C=O) groups excluding carboxylic acids is 1. The summed E-state index contributed by atoms with van der Waals surface area (Å²) in [6.07, 6.45) is 3.51. The predicted octanol–water partition coefficient (Wildman–Crippen LogP) is 3.22. The number of amides is 1. The van der Waals surface area contributed by atoms with E-state index in [1.54, 1.807) is 10.9 Å². The molecule has 1 N–H and O–H groups in total. The van der Waals surface area contributed by atoms with E-state index in [2.05, 4.69) is 52.4 Å². The zero-order valence-corrected chi connectivity index (χ0v) is 17.2. The third-order valence-electron chi connectivity index (χ3n) is 5.46. The van der Waals surface area contributed by atoms with E-state index in [-0.39, 0.29) is 6.03 Å². The van der Waals surface area contributed by atoms with Crippen LogP contribution in [0.5, 0.6) is 0 Å². The molecule has 2 aromatic carbocycles. The molecule has 0 unspecified atom stereocenters. The highest BCUT2D eigenvalue weighted by Gasteiger charge is 2.29. The molecule has 0 bridgehead atoms. The number of nitrogens with zero attached hydrogens (tertiary/aromatic N) is 4. The normalized spacial score (nSPS) is 14.4. The van der Waals surface area contributed by atoms with Gasteiger partial charge < -0.3 is 15.1 Å². The lowest BCUT2D eigenvalue weighted by Crippen LogP contribution is -2.50. The van der Waals surface area contributed by atoms with Crippen molar-refractivity contribution >= 4 is 22.8 Å². The van der Waals surface area contributed by atoms with Crippen molar-refractivity contribution in [3.63, 3.8) is 0 Å². The Bertz CT molecular complexity index is 960. The quantitative estimate of drug-likeness (QED) is 0.629. The molecule has 3 aromatic rings. The Labute approximate surface area is 172 Å². The molecular weight excluding hydrogens is 362 g/mol. The molecule has 0 spiro atoms. The first-order valence-corrected chi connectivity index (χ1v) is 10.3. The second-order valence-electron chi connectivity index (χ2n) is 8.11. The average Bonchev–Trinajstić information content (AvgIpc) is 3.13. The summed E-state index contributed by atoms with van der Waals surface area (Å²) in [4.78, 5) is 21.8. The van der Waals surface area contributed by atoms with Gasteiger partial charge in [-0.05, 0) is 44.6 Å². The van der Waals surface area contributed by atoms with Gasteiger partial charge in [0, 0.05) is 32.1 Å². The van der Waals surface area contributed by atoms with Gasteiger partial charge in [0.05, 0.1) is 11.2 Å². The minimum atomic E-state index is -0.119. The van der Waals surface area contributed by atoms with Crippen molar-refractivity contribution in [3.8, 4) is 0 Å². The van der Waals surface area contributed by atoms with E-state index in [0.717, 1.165) is 49.2 Å². The zero-order valence-electron chi connectivity index (χ0n) is 17.2. The number of carbonyl (C=O) groups is 1. The second-order valence-corrected chi connectivity index (χ2v) is 8.11. The maximum absolute atomic E-state index is 12.7. The van der Waals surface area contributed by atoms with Gasteiger partial charge in [0.1, 0.15) is 11.8 Å². The van der Waals surface area contributed by atoms with E-state index < -0.39 is 0 Å². The van der Waals surface area contributed by atoms with Gasteiger partial charge in [-0.25, -0.2) is 9.78 Å². The molecule has 1 aliphatic heterocycles. The van der Waals surface area contributed by atoms with Crippen LogP contribution in [-0.2, 0) is 6.42 Å². The van der Waals surface area contributed by atoms with Crippen LogP contribution in [-0.4, -0.2) is 60.8 Å². The third kappa shape index (κ3) is 4.43. The van der Waals surface area contributed by atoms with Crippen molar-refractivity contribution in [2.24, 2.45) is 5.92 Å². The second kappa shape index (κ2) is 8.66. The number of rotatable bonds is 7. The van der Waals surface area contributed by atoms with E-state index in [1.807, 2.05) is 30.3 Å². The van der Waals surface area contributed by atoms with Crippen LogP contribution in [0.15, 0.2) is 54.9 Å². The Morgan fingerprint density at radius 2 is 1.93 bits per heavy atom. The SMILES string of the molecule is CN(C)CC1CN(c2cccc3c2ncn3C(=O)NCCCc2ccccc2)C1. The lowest BCUT2D eigenvalue weighted by molar-refractivity contribution is 0.243. The van der Waals surface area contributed by atoms with E-state index in [0.29, 0.717) is 12.5 Å². The number of para-hydroxylation sites is 1. The number of aryl methyl sites for hydroxylation is 1. The minimum Gasteiger partial charge on any atom is -0.369 e. The van der Waals surface area contributed by atoms with Gasteiger partial charge in [-0.3, -0.25) is 4.57 Å². The monoisotopic (exact) mass is 391 g/mol. The van der Waals surface area contributed by atoms with Crippen molar-refractivity contribution in [1.29, 1.82) is 0 Å². The van der Waals surface area contributed by atoms with Crippen LogP contribution in [0.25, 0.3) is 11.0 Å². The first-order valence-electron chi connectivity index (χ1n) is 10.3. The van der Waals surface area contributed by atoms with E-state index in [4.69, 9.17) is 0 Å². The maximum Gasteiger partial charge on any atom is 0.327 e. The van der Waals surface area contributed by atoms with Crippen molar-refractivity contribution in [2.45, 2.75) is 12.8 Å². The molecule has 0 radical (unpaired) electrons. The standard InChI is InChI=1S/C23H29N5O/c1-26(2)14-19-15-27(16-19)20-11-6-12-21-22(20)25-17-28(21)23(29)24-13-7-10-18-8-4-3-5-9-18/h3-6,8-9,11-12,17,19H,7,10,13-16H2,1-2H3,(H,24,29). The van der Waals surface area contributed by atoms with Crippen LogP contribution in [0, 0.1) is 5.92 Å². The van der Waals surface area contributed by atoms with Crippen LogP contribution in [0.4, 0.5) is 10.5 Å². The lowest BCUT2D eigenvalue weighted by atomic mass is 9.98. The number of nitrogens with one attached hydrogen (secondary N) is 1. The number of aromatic nitrogens is 2. The van der Waals surface area contributed by atoms with Crippen molar-refractivity contribution in [3.05, 3.63) is 60.4 Å². The maximum atomic E-state index is 12.7. The van der Waals surface area contributed by atoms with E-state index in [1.165, 1.54) is 5.56 Å². The number of hydrogen-bond donors (Lipinski definition) is 1. The van der Waals surface area contributed by atoms with Gasteiger partial charge in [0.25, 0.3) is 0 Å². The molecule has 1 fully saturated rings. The molecule has 0 aliphatic carbocycles. The van der Waals surface area contributed by atoms with Gasteiger partial charge in [0.2, 0.25) is 0 Å². The largest absolute Gasteiger partial charge is 0.369 e. The molecule has 0 atom stereocenters. The summed E-state index contributed by atoms with van der Waals surface area (Å²) in [5.74, 6) is 0.690. The summed E-state index contributed by atoms with van der Waals surface area (Å²) >= 11 is 0. The van der Waals surface area contributed by atoms with Crippen molar-refractivity contribution < 1.29 is 4.79 Å². The summed E-state index contributed by atoms with van der Waals surface area (Å²) in [6.45, 7) is 3.82. The number of anilines is 1. The lowest BCUT2D eigenvalue weighted by Gasteiger charge is -2.42. The van der Waals surface area contributed by atoms with Crippen molar-refractivity contribution in [2.75, 3.05) is 45.2 Å². The van der Waals surface area contributed by atoms with Crippen LogP contribution in [0.1, 0.15) is 12.0 Å². The van der Waals surface area contributed by atoms with Gasteiger partial charge in [-0.2, -0.15) is 0 Å². The average molecular weight is 392 g/mol. The zero-order chi connectivity index (χ0) is 20.2. The number of hydrogen-bond acceptors (Lipinski definition) is 4. The number of benzene rings is 2. The highest BCUT2D eigenvalue weighted by molar-refractivity contribution is 5.95. The summed E-state index contributed by atoms with van der Waals surface area (Å²) in [5, 5.41) is 3.02. The van der Waals surface area contributed by atoms with Crippen LogP contribution < -0.4 is 10.2 Å². The molecule has 1 aromatic heterocycles. The first-order chi connectivity index (χ1) is 14.1. The molecule has 1 saturated heterocycles. The molecule has 29 heavy (non-hydrogen) atoms. The molecule has 1 amide bonds. The van der Waals surface area contributed by atoms with Crippen LogP contribution >= 0.6 is 0 Å². The smallest absolute Gasteiger partial charge is 0.327 e. The Morgan fingerprint density at radius 3 is 2.69 bits per heavy atom. The highest BCUT2D eigenvalue weighted by Crippen LogP contribution is 2.31. The first kappa shape index (κ1) is 19.5. The molecule has 6 nitrogen and oxygen atoms in total. The third-order valence-corrected chi connectivity index (χ3v) is 5.46. The topological polar surface area (TPSA) is 53.4 Å². The Morgan fingerprint density at radius 1 is 1.14 bits per heavy atom. The van der Waals surface area contributed by atoms with Crippen LogP contribution in [0.3, 0.4) is 0 Å². The van der Waals surface area contributed by atoms with Gasteiger partial charge in [0.15, 0.2) is 0 Å². The Kier molecular flexibility index (Phi) is 5.81. The molecule has 6 heteroatoms. The summed E-state index contributed by atoms with van der Waals surface area (Å²) in [7, 11) is 4.23. The predicted molar refractivity (Wildman–Crippen MR) is 118 cm³/mol. The Hall–Kier alpha value is -2.86. The molecule has 2 heterocycles. The Balaban J connectivity index is 1.37. The molecule has 4 rings (SSSR count).